The minimum Gasteiger partial charge on any atom is -0.508 e. The van der Waals surface area contributed by atoms with E-state index in [1.54, 1.807) is 32.0 Å². The van der Waals surface area contributed by atoms with Gasteiger partial charge in [0.1, 0.15) is 17.3 Å². The van der Waals surface area contributed by atoms with Crippen molar-refractivity contribution >= 4 is 11.6 Å². The van der Waals surface area contributed by atoms with Crippen molar-refractivity contribution in [3.63, 3.8) is 0 Å². The second-order valence-corrected chi connectivity index (χ2v) is 5.79. The maximum atomic E-state index is 13.4. The molecule has 0 fully saturated rings. The third-order valence-corrected chi connectivity index (χ3v) is 3.59. The number of carbonyl (C=O) groups is 1. The first-order valence-corrected chi connectivity index (χ1v) is 6.95. The van der Waals surface area contributed by atoms with E-state index in [0.29, 0.717) is 17.0 Å². The summed E-state index contributed by atoms with van der Waals surface area (Å²) in [6.07, 6.45) is 0. The van der Waals surface area contributed by atoms with Crippen LogP contribution in [0.3, 0.4) is 0 Å². The second kappa shape index (κ2) is 5.02. The summed E-state index contributed by atoms with van der Waals surface area (Å²) in [7, 11) is 0. The molecular weight excluding hydrogens is 285 g/mol. The molecule has 0 bridgehead atoms. The first-order chi connectivity index (χ1) is 10.4. The average molecular weight is 301 g/mol. The van der Waals surface area contributed by atoms with Crippen LogP contribution in [-0.2, 0) is 11.3 Å². The number of rotatable bonds is 2. The maximum absolute atomic E-state index is 13.4. The van der Waals surface area contributed by atoms with Crippen molar-refractivity contribution in [3.05, 3.63) is 53.8 Å². The summed E-state index contributed by atoms with van der Waals surface area (Å²) in [4.78, 5) is 14.1. The number of halogens is 1. The Kier molecular flexibility index (Phi) is 3.28. The van der Waals surface area contributed by atoms with Gasteiger partial charge in [0.15, 0.2) is 5.60 Å². The van der Waals surface area contributed by atoms with Gasteiger partial charge in [0.2, 0.25) is 0 Å². The molecule has 2 aromatic carbocycles. The number of hydrogen-bond donors (Lipinski definition) is 1. The van der Waals surface area contributed by atoms with E-state index in [-0.39, 0.29) is 24.0 Å². The summed E-state index contributed by atoms with van der Waals surface area (Å²) >= 11 is 0. The number of carbonyl (C=O) groups excluding carboxylic acids is 1. The monoisotopic (exact) mass is 301 g/mol. The number of amides is 1. The lowest BCUT2D eigenvalue weighted by molar-refractivity contribution is -0.132. The normalized spacial score (nSPS) is 16.1. The zero-order valence-corrected chi connectivity index (χ0v) is 12.3. The van der Waals surface area contributed by atoms with E-state index >= 15 is 0 Å². The molecule has 1 aliphatic rings. The van der Waals surface area contributed by atoms with Gasteiger partial charge in [-0.25, -0.2) is 4.39 Å². The molecule has 1 N–H and O–H groups in total. The Hall–Kier alpha value is -2.56. The summed E-state index contributed by atoms with van der Waals surface area (Å²) in [6, 6.07) is 10.7. The van der Waals surface area contributed by atoms with Crippen LogP contribution >= 0.6 is 0 Å². The van der Waals surface area contributed by atoms with Crippen LogP contribution in [0, 0.1) is 5.82 Å². The molecule has 0 atom stereocenters. The van der Waals surface area contributed by atoms with Crippen LogP contribution in [0.1, 0.15) is 19.4 Å². The molecule has 0 radical (unpaired) electrons. The van der Waals surface area contributed by atoms with Crippen molar-refractivity contribution in [2.75, 3.05) is 4.90 Å². The van der Waals surface area contributed by atoms with Crippen LogP contribution in [0.5, 0.6) is 11.5 Å². The van der Waals surface area contributed by atoms with Crippen LogP contribution in [0.4, 0.5) is 10.1 Å². The van der Waals surface area contributed by atoms with Gasteiger partial charge in [-0.3, -0.25) is 4.79 Å². The quantitative estimate of drug-likeness (QED) is 0.926. The number of nitrogens with zero attached hydrogens (tertiary/aromatic N) is 1. The van der Waals surface area contributed by atoms with Gasteiger partial charge in [-0.1, -0.05) is 12.1 Å². The molecule has 4 nitrogen and oxygen atoms in total. The smallest absolute Gasteiger partial charge is 0.271 e. The first kappa shape index (κ1) is 14.4. The van der Waals surface area contributed by atoms with Gasteiger partial charge in [0.25, 0.3) is 5.91 Å². The molecule has 1 amide bonds. The van der Waals surface area contributed by atoms with Gasteiger partial charge in [0, 0.05) is 6.07 Å². The molecule has 0 aromatic heterocycles. The highest BCUT2D eigenvalue weighted by Gasteiger charge is 2.41. The molecule has 0 saturated heterocycles. The van der Waals surface area contributed by atoms with Gasteiger partial charge < -0.3 is 14.7 Å². The standard InChI is InChI=1S/C17H16FNO3/c1-17(2)16(21)19(10-11-4-3-5-12(18)8-11)14-9-13(20)6-7-15(14)22-17/h3-9,20H,10H2,1-2H3. The van der Waals surface area contributed by atoms with Gasteiger partial charge >= 0.3 is 0 Å². The molecule has 0 aliphatic carbocycles. The molecular formula is C17H16FNO3. The highest BCUT2D eigenvalue weighted by molar-refractivity contribution is 6.02. The topological polar surface area (TPSA) is 49.8 Å². The number of hydrogen-bond acceptors (Lipinski definition) is 3. The predicted molar refractivity (Wildman–Crippen MR) is 80.4 cm³/mol. The number of benzene rings is 2. The van der Waals surface area contributed by atoms with Crippen molar-refractivity contribution in [3.8, 4) is 11.5 Å². The third-order valence-electron chi connectivity index (χ3n) is 3.59. The van der Waals surface area contributed by atoms with E-state index in [4.69, 9.17) is 4.74 Å². The fourth-order valence-electron chi connectivity index (χ4n) is 2.53. The molecule has 0 unspecified atom stereocenters. The predicted octanol–water partition coefficient (Wildman–Crippen LogP) is 3.24. The molecule has 22 heavy (non-hydrogen) atoms. The van der Waals surface area contributed by atoms with Crippen molar-refractivity contribution in [2.45, 2.75) is 26.0 Å². The number of fused-ring (bicyclic) bond motifs is 1. The average Bonchev–Trinajstić information content (AvgIpc) is 2.45. The van der Waals surface area contributed by atoms with E-state index in [0.717, 1.165) is 0 Å². The van der Waals surface area contributed by atoms with Crippen LogP contribution < -0.4 is 9.64 Å². The Morgan fingerprint density at radius 2 is 2.00 bits per heavy atom. The van der Waals surface area contributed by atoms with Gasteiger partial charge in [-0.2, -0.15) is 0 Å². The number of ether oxygens (including phenoxy) is 1. The number of aromatic hydroxyl groups is 1. The summed E-state index contributed by atoms with van der Waals surface area (Å²) in [5, 5.41) is 9.68. The first-order valence-electron chi connectivity index (χ1n) is 6.95. The SMILES string of the molecule is CC1(C)Oc2ccc(O)cc2N(Cc2cccc(F)c2)C1=O. The van der Waals surface area contributed by atoms with E-state index in [9.17, 15) is 14.3 Å². The lowest BCUT2D eigenvalue weighted by Gasteiger charge is -2.38. The number of phenols is 1. The summed E-state index contributed by atoms with van der Waals surface area (Å²) in [5.41, 5.74) is 0.131. The van der Waals surface area contributed by atoms with E-state index in [1.807, 2.05) is 0 Å². The van der Waals surface area contributed by atoms with Crippen molar-refractivity contribution in [1.29, 1.82) is 0 Å². The van der Waals surface area contributed by atoms with E-state index in [1.165, 1.54) is 29.2 Å². The molecule has 2 aromatic rings. The highest BCUT2D eigenvalue weighted by Crippen LogP contribution is 2.40. The fourth-order valence-corrected chi connectivity index (χ4v) is 2.53. The number of phenolic OH excluding ortho intramolecular Hbond substituents is 1. The highest BCUT2D eigenvalue weighted by atomic mass is 19.1. The van der Waals surface area contributed by atoms with Crippen molar-refractivity contribution < 1.29 is 19.0 Å². The van der Waals surface area contributed by atoms with Crippen LogP contribution in [-0.4, -0.2) is 16.6 Å². The Bertz CT molecular complexity index is 742. The Labute approximate surface area is 127 Å². The molecule has 0 saturated carbocycles. The molecule has 5 heteroatoms. The molecule has 3 rings (SSSR count). The maximum Gasteiger partial charge on any atom is 0.271 e. The van der Waals surface area contributed by atoms with Crippen molar-refractivity contribution in [1.82, 2.24) is 0 Å². The zero-order chi connectivity index (χ0) is 15.9. The Balaban J connectivity index is 2.04. The summed E-state index contributed by atoms with van der Waals surface area (Å²) in [5.74, 6) is -0.0404. The molecule has 0 spiro atoms. The van der Waals surface area contributed by atoms with Crippen LogP contribution in [0.2, 0.25) is 0 Å². The Morgan fingerprint density at radius 1 is 1.23 bits per heavy atom. The lowest BCUT2D eigenvalue weighted by Crippen LogP contribution is -2.52. The summed E-state index contributed by atoms with van der Waals surface area (Å²) < 4.78 is 19.1. The lowest BCUT2D eigenvalue weighted by atomic mass is 10.0. The van der Waals surface area contributed by atoms with Gasteiger partial charge in [-0.05, 0) is 43.7 Å². The minimum absolute atomic E-state index is 0.0408. The van der Waals surface area contributed by atoms with Gasteiger partial charge in [0.05, 0.1) is 12.2 Å². The van der Waals surface area contributed by atoms with Crippen molar-refractivity contribution in [2.24, 2.45) is 0 Å². The van der Waals surface area contributed by atoms with Gasteiger partial charge in [-0.15, -0.1) is 0 Å². The molecule has 1 aliphatic heterocycles. The number of anilines is 1. The molecule has 1 heterocycles. The minimum atomic E-state index is -1.02. The van der Waals surface area contributed by atoms with E-state index in [2.05, 4.69) is 0 Å². The van der Waals surface area contributed by atoms with Crippen LogP contribution in [0.15, 0.2) is 42.5 Å². The summed E-state index contributed by atoms with van der Waals surface area (Å²) in [6.45, 7) is 3.58. The van der Waals surface area contributed by atoms with E-state index < -0.39 is 5.60 Å². The van der Waals surface area contributed by atoms with Crippen LogP contribution in [0.25, 0.3) is 0 Å². The third kappa shape index (κ3) is 2.50. The Morgan fingerprint density at radius 3 is 2.73 bits per heavy atom. The molecule has 114 valence electrons. The zero-order valence-electron chi connectivity index (χ0n) is 12.3. The largest absolute Gasteiger partial charge is 0.508 e. The fraction of sp³-hybridized carbons (Fsp3) is 0.235. The second-order valence-electron chi connectivity index (χ2n) is 5.79.